The Bertz CT molecular complexity index is 1300. The summed E-state index contributed by atoms with van der Waals surface area (Å²) in [6.45, 7) is 7.25. The Morgan fingerprint density at radius 1 is 1.12 bits per heavy atom. The summed E-state index contributed by atoms with van der Waals surface area (Å²) in [5, 5.41) is 4.74. The fraction of sp³-hybridized carbons (Fsp3) is 0.296. The Morgan fingerprint density at radius 2 is 1.94 bits per heavy atom. The topological polar surface area (TPSA) is 48.5 Å². The van der Waals surface area contributed by atoms with Crippen molar-refractivity contribution >= 4 is 12.2 Å². The van der Waals surface area contributed by atoms with Crippen molar-refractivity contribution in [2.45, 2.75) is 46.1 Å². The molecule has 33 heavy (non-hydrogen) atoms. The van der Waals surface area contributed by atoms with Crippen LogP contribution in [-0.2, 0) is 13.0 Å². The van der Waals surface area contributed by atoms with Crippen molar-refractivity contribution in [3.05, 3.63) is 94.8 Å². The van der Waals surface area contributed by atoms with Gasteiger partial charge in [0.1, 0.15) is 11.6 Å². The van der Waals surface area contributed by atoms with Crippen LogP contribution in [0.25, 0.3) is 17.8 Å². The number of halogens is 1. The number of nitrogens with zero attached hydrogens (tertiary/aromatic N) is 5. The number of benzene rings is 2. The standard InChI is InChI=1S/C27H28FN5/c1-4-21-15-20(5-11-24(21)32-16-19(3)29-17-32)6-12-25-30-27-26(18(2)13-14-33(27)31-25)22-7-9-23(28)10-8-22/h5-12,15-18,26H,4,13-14H2,1-3H3/b12-6+/t18-,26-/m1/s1. The molecule has 0 saturated heterocycles. The summed E-state index contributed by atoms with van der Waals surface area (Å²) < 4.78 is 17.5. The molecule has 0 amide bonds. The summed E-state index contributed by atoms with van der Waals surface area (Å²) >= 11 is 0. The van der Waals surface area contributed by atoms with Crippen LogP contribution < -0.4 is 0 Å². The number of fused-ring (bicyclic) bond motifs is 1. The maximum atomic E-state index is 13.4. The molecular formula is C27H28FN5. The molecule has 5 rings (SSSR count). The normalized spacial score (nSPS) is 18.1. The molecular weight excluding hydrogens is 413 g/mol. The van der Waals surface area contributed by atoms with Crippen LogP contribution in [0.2, 0.25) is 0 Å². The van der Waals surface area contributed by atoms with E-state index in [0.29, 0.717) is 11.7 Å². The Morgan fingerprint density at radius 3 is 2.67 bits per heavy atom. The molecule has 6 heteroatoms. The molecule has 0 spiro atoms. The van der Waals surface area contributed by atoms with E-state index in [4.69, 9.17) is 10.1 Å². The van der Waals surface area contributed by atoms with Crippen LogP contribution in [0.1, 0.15) is 60.2 Å². The molecule has 2 aromatic carbocycles. The van der Waals surface area contributed by atoms with Crippen molar-refractivity contribution in [3.8, 4) is 5.69 Å². The van der Waals surface area contributed by atoms with E-state index in [1.165, 1.54) is 17.7 Å². The van der Waals surface area contributed by atoms with E-state index in [1.807, 2.05) is 42.3 Å². The van der Waals surface area contributed by atoms with E-state index in [2.05, 4.69) is 47.7 Å². The minimum absolute atomic E-state index is 0.124. The number of imidazole rings is 1. The van der Waals surface area contributed by atoms with Gasteiger partial charge in [-0.05, 0) is 72.7 Å². The molecule has 0 unspecified atom stereocenters. The molecule has 5 nitrogen and oxygen atoms in total. The predicted molar refractivity (Wildman–Crippen MR) is 129 cm³/mol. The van der Waals surface area contributed by atoms with E-state index < -0.39 is 0 Å². The first-order chi connectivity index (χ1) is 16.0. The average molecular weight is 442 g/mol. The fourth-order valence-electron chi connectivity index (χ4n) is 4.70. The first-order valence-corrected chi connectivity index (χ1v) is 11.5. The summed E-state index contributed by atoms with van der Waals surface area (Å²) in [7, 11) is 0. The molecule has 4 aromatic rings. The molecule has 3 heterocycles. The highest BCUT2D eigenvalue weighted by atomic mass is 19.1. The third-order valence-electron chi connectivity index (χ3n) is 6.49. The van der Waals surface area contributed by atoms with Crippen LogP contribution in [0.15, 0.2) is 55.0 Å². The van der Waals surface area contributed by atoms with E-state index in [9.17, 15) is 4.39 Å². The third-order valence-corrected chi connectivity index (χ3v) is 6.49. The number of rotatable bonds is 5. The molecule has 1 aliphatic rings. The van der Waals surface area contributed by atoms with Crippen molar-refractivity contribution in [3.63, 3.8) is 0 Å². The van der Waals surface area contributed by atoms with Gasteiger partial charge in [0, 0.05) is 24.3 Å². The monoisotopic (exact) mass is 441 g/mol. The molecule has 0 bridgehead atoms. The zero-order chi connectivity index (χ0) is 22.9. The predicted octanol–water partition coefficient (Wildman–Crippen LogP) is 5.82. The highest BCUT2D eigenvalue weighted by Gasteiger charge is 2.31. The fourth-order valence-corrected chi connectivity index (χ4v) is 4.70. The molecule has 0 saturated carbocycles. The minimum atomic E-state index is -0.215. The van der Waals surface area contributed by atoms with E-state index in [-0.39, 0.29) is 11.7 Å². The Labute approximate surface area is 193 Å². The Kier molecular flexibility index (Phi) is 5.67. The van der Waals surface area contributed by atoms with Gasteiger partial charge in [0.15, 0.2) is 5.82 Å². The van der Waals surface area contributed by atoms with Crippen molar-refractivity contribution in [1.82, 2.24) is 24.3 Å². The highest BCUT2D eigenvalue weighted by Crippen LogP contribution is 2.36. The van der Waals surface area contributed by atoms with E-state index in [0.717, 1.165) is 47.7 Å². The quantitative estimate of drug-likeness (QED) is 0.392. The Hall–Kier alpha value is -3.54. The second-order valence-electron chi connectivity index (χ2n) is 8.84. The lowest BCUT2D eigenvalue weighted by Crippen LogP contribution is -2.24. The first kappa shape index (κ1) is 21.3. The van der Waals surface area contributed by atoms with Crippen LogP contribution in [-0.4, -0.2) is 24.3 Å². The van der Waals surface area contributed by atoms with Gasteiger partial charge >= 0.3 is 0 Å². The summed E-state index contributed by atoms with van der Waals surface area (Å²) in [5.74, 6) is 2.00. The van der Waals surface area contributed by atoms with E-state index >= 15 is 0 Å². The van der Waals surface area contributed by atoms with Crippen molar-refractivity contribution in [2.24, 2.45) is 5.92 Å². The summed E-state index contributed by atoms with van der Waals surface area (Å²) in [4.78, 5) is 9.21. The van der Waals surface area contributed by atoms with Crippen LogP contribution in [0, 0.1) is 18.7 Å². The maximum Gasteiger partial charge on any atom is 0.174 e. The molecule has 168 valence electrons. The zero-order valence-electron chi connectivity index (χ0n) is 19.2. The lowest BCUT2D eigenvalue weighted by molar-refractivity contribution is 0.347. The van der Waals surface area contributed by atoms with Gasteiger partial charge in [0.25, 0.3) is 0 Å². The average Bonchev–Trinajstić information content (AvgIpc) is 3.44. The van der Waals surface area contributed by atoms with Crippen LogP contribution in [0.4, 0.5) is 4.39 Å². The van der Waals surface area contributed by atoms with E-state index in [1.54, 1.807) is 0 Å². The SMILES string of the molecule is CCc1cc(/C=C/c2nc3n(n2)CC[C@@H](C)[C@@H]3c2ccc(F)cc2)ccc1-n1cnc(C)c1. The van der Waals surface area contributed by atoms with Crippen LogP contribution in [0.3, 0.4) is 0 Å². The molecule has 0 N–H and O–H groups in total. The Balaban J connectivity index is 1.42. The molecule has 0 aliphatic carbocycles. The second-order valence-corrected chi connectivity index (χ2v) is 8.84. The van der Waals surface area contributed by atoms with Gasteiger partial charge in [-0.2, -0.15) is 5.10 Å². The molecule has 1 aliphatic heterocycles. The largest absolute Gasteiger partial charge is 0.306 e. The van der Waals surface area contributed by atoms with Gasteiger partial charge in [-0.15, -0.1) is 0 Å². The van der Waals surface area contributed by atoms with Gasteiger partial charge in [0.2, 0.25) is 0 Å². The van der Waals surface area contributed by atoms with Crippen LogP contribution >= 0.6 is 0 Å². The lowest BCUT2D eigenvalue weighted by atomic mass is 9.82. The lowest BCUT2D eigenvalue weighted by Gasteiger charge is -2.28. The van der Waals surface area contributed by atoms with Crippen molar-refractivity contribution < 1.29 is 4.39 Å². The number of aryl methyl sites for hydroxylation is 3. The number of hydrogen-bond donors (Lipinski definition) is 0. The van der Waals surface area contributed by atoms with Crippen molar-refractivity contribution in [2.75, 3.05) is 0 Å². The zero-order valence-corrected chi connectivity index (χ0v) is 19.2. The first-order valence-electron chi connectivity index (χ1n) is 11.5. The third kappa shape index (κ3) is 4.25. The molecule has 0 fully saturated rings. The summed E-state index contributed by atoms with van der Waals surface area (Å²) in [5.41, 5.74) is 5.62. The van der Waals surface area contributed by atoms with Crippen LogP contribution in [0.5, 0.6) is 0 Å². The number of aromatic nitrogens is 5. The van der Waals surface area contributed by atoms with Gasteiger partial charge in [-0.1, -0.05) is 38.1 Å². The minimum Gasteiger partial charge on any atom is -0.306 e. The number of hydrogen-bond acceptors (Lipinski definition) is 3. The molecule has 2 atom stereocenters. The molecule has 0 radical (unpaired) electrons. The van der Waals surface area contributed by atoms with Gasteiger partial charge < -0.3 is 4.57 Å². The van der Waals surface area contributed by atoms with Gasteiger partial charge in [0.05, 0.1) is 12.0 Å². The summed E-state index contributed by atoms with van der Waals surface area (Å²) in [6.07, 6.45) is 9.91. The second kappa shape index (κ2) is 8.77. The van der Waals surface area contributed by atoms with Gasteiger partial charge in [-0.25, -0.2) is 19.0 Å². The smallest absolute Gasteiger partial charge is 0.174 e. The van der Waals surface area contributed by atoms with Crippen molar-refractivity contribution in [1.29, 1.82) is 0 Å². The summed E-state index contributed by atoms with van der Waals surface area (Å²) in [6, 6.07) is 13.2. The highest BCUT2D eigenvalue weighted by molar-refractivity contribution is 5.68. The maximum absolute atomic E-state index is 13.4. The van der Waals surface area contributed by atoms with Gasteiger partial charge in [-0.3, -0.25) is 0 Å². The molecule has 2 aromatic heterocycles.